The monoisotopic (exact) mass is 218 g/mol. The van der Waals surface area contributed by atoms with E-state index in [-0.39, 0.29) is 6.29 Å². The van der Waals surface area contributed by atoms with E-state index in [4.69, 9.17) is 5.11 Å². The maximum Gasteiger partial charge on any atom is 0.364 e. The van der Waals surface area contributed by atoms with E-state index in [1.807, 2.05) is 0 Å². The average Bonchev–Trinajstić information content (AvgIpc) is 2.17. The lowest BCUT2D eigenvalue weighted by Crippen LogP contribution is -2.00. The fourth-order valence-electron chi connectivity index (χ4n) is 0.899. The number of carbonyl (C=O) groups excluding carboxylic acids is 1. The predicted octanol–water partition coefficient (Wildman–Crippen LogP) is 1.45. The van der Waals surface area contributed by atoms with Crippen LogP contribution in [0.1, 0.15) is 22.5 Å². The Balaban J connectivity index is 3.45. The van der Waals surface area contributed by atoms with Gasteiger partial charge in [-0.15, -0.1) is 0 Å². The molecule has 80 valence electrons. The minimum atomic E-state index is -3.19. The molecule has 1 N–H and O–H groups in total. The van der Waals surface area contributed by atoms with E-state index < -0.39 is 34.2 Å². The van der Waals surface area contributed by atoms with Crippen molar-refractivity contribution in [1.82, 2.24) is 4.98 Å². The SMILES string of the molecule is O=Cc1cc([N+](=O)[O-])nc(C(F)F)c1O. The molecule has 0 aliphatic carbocycles. The highest BCUT2D eigenvalue weighted by atomic mass is 19.3. The fourth-order valence-corrected chi connectivity index (χ4v) is 0.899. The molecular formula is C7H4F2N2O4. The Hall–Kier alpha value is -2.12. The van der Waals surface area contributed by atoms with E-state index in [1.165, 1.54) is 0 Å². The average molecular weight is 218 g/mol. The van der Waals surface area contributed by atoms with Crippen LogP contribution in [-0.2, 0) is 0 Å². The predicted molar refractivity (Wildman–Crippen MR) is 42.9 cm³/mol. The van der Waals surface area contributed by atoms with Gasteiger partial charge in [0.15, 0.2) is 12.0 Å². The van der Waals surface area contributed by atoms with E-state index in [0.29, 0.717) is 6.07 Å². The third-order valence-corrected chi connectivity index (χ3v) is 1.56. The van der Waals surface area contributed by atoms with Crippen LogP contribution in [0.4, 0.5) is 14.6 Å². The number of rotatable bonds is 3. The number of hydrogen-bond donors (Lipinski definition) is 1. The van der Waals surface area contributed by atoms with Crippen LogP contribution < -0.4 is 0 Å². The van der Waals surface area contributed by atoms with Crippen molar-refractivity contribution in [3.8, 4) is 5.75 Å². The number of halogens is 2. The number of pyridine rings is 1. The lowest BCUT2D eigenvalue weighted by Gasteiger charge is -2.01. The summed E-state index contributed by atoms with van der Waals surface area (Å²) in [5.74, 6) is -1.95. The van der Waals surface area contributed by atoms with E-state index in [0.717, 1.165) is 0 Å². The normalized spacial score (nSPS) is 10.3. The first-order chi connectivity index (χ1) is 6.97. The fraction of sp³-hybridized carbons (Fsp3) is 0.143. The zero-order valence-corrected chi connectivity index (χ0v) is 7.05. The van der Waals surface area contributed by atoms with E-state index in [1.54, 1.807) is 0 Å². The molecule has 0 aliphatic heterocycles. The summed E-state index contributed by atoms with van der Waals surface area (Å²) in [4.78, 5) is 22.5. The molecule has 0 radical (unpaired) electrons. The van der Waals surface area contributed by atoms with Crippen LogP contribution in [0.25, 0.3) is 0 Å². The Morgan fingerprint density at radius 1 is 1.60 bits per heavy atom. The molecule has 0 amide bonds. The van der Waals surface area contributed by atoms with Gasteiger partial charge in [-0.05, 0) is 9.91 Å². The highest BCUT2D eigenvalue weighted by molar-refractivity contribution is 5.80. The Morgan fingerprint density at radius 2 is 2.20 bits per heavy atom. The van der Waals surface area contributed by atoms with Crippen LogP contribution in [0, 0.1) is 10.1 Å². The largest absolute Gasteiger partial charge is 0.503 e. The smallest absolute Gasteiger partial charge is 0.364 e. The third-order valence-electron chi connectivity index (χ3n) is 1.56. The molecule has 6 nitrogen and oxygen atoms in total. The molecule has 1 aromatic heterocycles. The number of alkyl halides is 2. The number of aromatic nitrogens is 1. The molecule has 0 aliphatic rings. The van der Waals surface area contributed by atoms with Crippen molar-refractivity contribution in [1.29, 1.82) is 0 Å². The van der Waals surface area contributed by atoms with Gasteiger partial charge >= 0.3 is 12.2 Å². The van der Waals surface area contributed by atoms with Crippen LogP contribution in [-0.4, -0.2) is 21.3 Å². The summed E-state index contributed by atoms with van der Waals surface area (Å²) < 4.78 is 24.5. The van der Waals surface area contributed by atoms with Crippen molar-refractivity contribution in [3.63, 3.8) is 0 Å². The van der Waals surface area contributed by atoms with Gasteiger partial charge in [-0.1, -0.05) is 0 Å². The molecule has 15 heavy (non-hydrogen) atoms. The third kappa shape index (κ3) is 2.03. The van der Waals surface area contributed by atoms with Gasteiger partial charge in [0, 0.05) is 0 Å². The molecule has 0 aromatic carbocycles. The minimum Gasteiger partial charge on any atom is -0.503 e. The second kappa shape index (κ2) is 3.95. The number of aromatic hydroxyl groups is 1. The number of aldehydes is 1. The topological polar surface area (TPSA) is 93.3 Å². The first-order valence-corrected chi connectivity index (χ1v) is 3.59. The number of carbonyl (C=O) groups is 1. The van der Waals surface area contributed by atoms with Gasteiger partial charge in [-0.3, -0.25) is 4.79 Å². The Kier molecular flexibility index (Phi) is 2.88. The van der Waals surface area contributed by atoms with Crippen LogP contribution >= 0.6 is 0 Å². The minimum absolute atomic E-state index is 0.0376. The van der Waals surface area contributed by atoms with Crippen molar-refractivity contribution >= 4 is 12.1 Å². The summed E-state index contributed by atoms with van der Waals surface area (Å²) in [6.45, 7) is 0. The first-order valence-electron chi connectivity index (χ1n) is 3.59. The van der Waals surface area contributed by atoms with Crippen LogP contribution in [0.5, 0.6) is 5.75 Å². The Labute approximate surface area is 81.3 Å². The van der Waals surface area contributed by atoms with E-state index in [2.05, 4.69) is 4.98 Å². The van der Waals surface area contributed by atoms with E-state index >= 15 is 0 Å². The van der Waals surface area contributed by atoms with Gasteiger partial charge in [-0.25, -0.2) is 8.78 Å². The summed E-state index contributed by atoms with van der Waals surface area (Å²) in [6.07, 6.45) is -3.15. The van der Waals surface area contributed by atoms with Gasteiger partial charge < -0.3 is 15.2 Å². The van der Waals surface area contributed by atoms with Crippen LogP contribution in [0.15, 0.2) is 6.07 Å². The molecule has 0 atom stereocenters. The van der Waals surface area contributed by atoms with Crippen molar-refractivity contribution in [2.24, 2.45) is 0 Å². The molecule has 0 bridgehead atoms. The lowest BCUT2D eigenvalue weighted by molar-refractivity contribution is -0.389. The highest BCUT2D eigenvalue weighted by Crippen LogP contribution is 2.30. The van der Waals surface area contributed by atoms with Gasteiger partial charge in [0.2, 0.25) is 0 Å². The number of hydrogen-bond acceptors (Lipinski definition) is 5. The van der Waals surface area contributed by atoms with Crippen molar-refractivity contribution in [3.05, 3.63) is 27.4 Å². The van der Waals surface area contributed by atoms with E-state index in [9.17, 15) is 23.7 Å². The van der Waals surface area contributed by atoms with Crippen molar-refractivity contribution in [2.75, 3.05) is 0 Å². The van der Waals surface area contributed by atoms with Crippen molar-refractivity contribution < 1.29 is 23.6 Å². The second-order valence-electron chi connectivity index (χ2n) is 2.48. The molecule has 0 saturated heterocycles. The molecule has 1 rings (SSSR count). The highest BCUT2D eigenvalue weighted by Gasteiger charge is 2.26. The molecule has 8 heteroatoms. The quantitative estimate of drug-likeness (QED) is 0.470. The molecule has 0 unspecified atom stereocenters. The molecule has 0 saturated carbocycles. The summed E-state index contributed by atoms with van der Waals surface area (Å²) in [7, 11) is 0. The van der Waals surface area contributed by atoms with Gasteiger partial charge in [-0.2, -0.15) is 0 Å². The zero-order chi connectivity index (χ0) is 11.6. The number of nitrogens with zero attached hydrogens (tertiary/aromatic N) is 2. The maximum atomic E-state index is 12.2. The Bertz CT molecular complexity index is 422. The molecule has 0 spiro atoms. The molecule has 1 aromatic rings. The van der Waals surface area contributed by atoms with Gasteiger partial charge in [0.1, 0.15) is 0 Å². The standard InChI is InChI=1S/C7H4F2N2O4/c8-7(9)5-6(13)3(2-12)1-4(10-5)11(14)15/h1-2,7,13H. The number of nitro groups is 1. The lowest BCUT2D eigenvalue weighted by atomic mass is 10.2. The Morgan fingerprint density at radius 3 is 2.60 bits per heavy atom. The summed E-state index contributed by atoms with van der Waals surface area (Å²) >= 11 is 0. The maximum absolute atomic E-state index is 12.2. The summed E-state index contributed by atoms with van der Waals surface area (Å²) in [6, 6.07) is 0.619. The molecular weight excluding hydrogens is 214 g/mol. The van der Waals surface area contributed by atoms with Crippen molar-refractivity contribution in [2.45, 2.75) is 6.43 Å². The van der Waals surface area contributed by atoms with Crippen LogP contribution in [0.2, 0.25) is 0 Å². The second-order valence-corrected chi connectivity index (χ2v) is 2.48. The zero-order valence-electron chi connectivity index (χ0n) is 7.05. The first kappa shape index (κ1) is 11.0. The summed E-state index contributed by atoms with van der Waals surface area (Å²) in [5.41, 5.74) is -1.77. The molecule has 1 heterocycles. The van der Waals surface area contributed by atoms with Gasteiger partial charge in [0.25, 0.3) is 5.69 Å². The van der Waals surface area contributed by atoms with Gasteiger partial charge in [0.05, 0.1) is 11.6 Å². The summed E-state index contributed by atoms with van der Waals surface area (Å²) in [5, 5.41) is 19.3. The molecule has 0 fully saturated rings. The van der Waals surface area contributed by atoms with Crippen LogP contribution in [0.3, 0.4) is 0 Å².